The van der Waals surface area contributed by atoms with E-state index >= 15 is 0 Å². The van der Waals surface area contributed by atoms with Gasteiger partial charge in [0, 0.05) is 5.56 Å². The highest BCUT2D eigenvalue weighted by Gasteiger charge is 2.18. The van der Waals surface area contributed by atoms with Gasteiger partial charge in [0.1, 0.15) is 29.9 Å². The molecule has 4 aromatic rings. The number of carboxylic acids is 1. The van der Waals surface area contributed by atoms with Crippen LogP contribution >= 0.6 is 0 Å². The zero-order chi connectivity index (χ0) is 16.7. The van der Waals surface area contributed by atoms with Crippen LogP contribution in [0.15, 0.2) is 48.8 Å². The van der Waals surface area contributed by atoms with E-state index in [1.165, 1.54) is 6.33 Å². The molecule has 3 N–H and O–H groups in total. The van der Waals surface area contributed by atoms with Gasteiger partial charge in [-0.15, -0.1) is 0 Å². The molecule has 3 heterocycles. The van der Waals surface area contributed by atoms with Crippen LogP contribution in [0.1, 0.15) is 0 Å². The number of carbonyl (C=O) groups is 1. The minimum absolute atomic E-state index is 0.219. The standard InChI is InChI=1S/C17H13N5O2/c18-16-14-15-12(22(8-13(23)24)17(14)20-9-19-16)7-6-11(21-15)10-4-2-1-3-5-10/h1-7,9H,8H2,(H,23,24)(H2,18,19,20). The molecule has 24 heavy (non-hydrogen) atoms. The van der Waals surface area contributed by atoms with Gasteiger partial charge in [-0.1, -0.05) is 30.3 Å². The molecule has 0 saturated carbocycles. The van der Waals surface area contributed by atoms with Crippen molar-refractivity contribution in [2.75, 3.05) is 5.73 Å². The largest absolute Gasteiger partial charge is 0.480 e. The van der Waals surface area contributed by atoms with Crippen molar-refractivity contribution < 1.29 is 9.90 Å². The van der Waals surface area contributed by atoms with Crippen molar-refractivity contribution in [3.8, 4) is 11.3 Å². The maximum Gasteiger partial charge on any atom is 0.323 e. The third-order valence-corrected chi connectivity index (χ3v) is 3.88. The predicted octanol–water partition coefficient (Wildman–Crippen LogP) is 2.31. The summed E-state index contributed by atoms with van der Waals surface area (Å²) in [6.45, 7) is -0.219. The highest BCUT2D eigenvalue weighted by Crippen LogP contribution is 2.31. The Bertz CT molecular complexity index is 1070. The van der Waals surface area contributed by atoms with Gasteiger partial charge in [0.05, 0.1) is 16.6 Å². The van der Waals surface area contributed by atoms with Crippen molar-refractivity contribution in [2.24, 2.45) is 0 Å². The summed E-state index contributed by atoms with van der Waals surface area (Å²) in [4.78, 5) is 24.1. The third kappa shape index (κ3) is 2.14. The quantitative estimate of drug-likeness (QED) is 0.600. The molecule has 0 aliphatic heterocycles. The van der Waals surface area contributed by atoms with Crippen LogP contribution in [0.5, 0.6) is 0 Å². The Morgan fingerprint density at radius 3 is 2.67 bits per heavy atom. The van der Waals surface area contributed by atoms with Gasteiger partial charge < -0.3 is 15.4 Å². The van der Waals surface area contributed by atoms with Crippen LogP contribution in [0.3, 0.4) is 0 Å². The summed E-state index contributed by atoms with van der Waals surface area (Å²) in [6.07, 6.45) is 1.33. The Morgan fingerprint density at radius 1 is 1.12 bits per heavy atom. The van der Waals surface area contributed by atoms with Gasteiger partial charge in [-0.25, -0.2) is 15.0 Å². The van der Waals surface area contributed by atoms with Crippen molar-refractivity contribution >= 4 is 33.9 Å². The number of hydrogen-bond donors (Lipinski definition) is 2. The van der Waals surface area contributed by atoms with Crippen LogP contribution in [0.2, 0.25) is 0 Å². The van der Waals surface area contributed by atoms with E-state index in [-0.39, 0.29) is 12.4 Å². The van der Waals surface area contributed by atoms with Gasteiger partial charge in [0.15, 0.2) is 0 Å². The molecule has 0 fully saturated rings. The van der Waals surface area contributed by atoms with Crippen LogP contribution < -0.4 is 5.73 Å². The number of carboxylic acid groups (broad SMARTS) is 1. The molecule has 0 bridgehead atoms. The fourth-order valence-electron chi connectivity index (χ4n) is 2.85. The van der Waals surface area contributed by atoms with Crippen molar-refractivity contribution in [1.82, 2.24) is 19.5 Å². The van der Waals surface area contributed by atoms with E-state index in [1.54, 1.807) is 4.57 Å². The van der Waals surface area contributed by atoms with Gasteiger partial charge >= 0.3 is 5.97 Å². The lowest BCUT2D eigenvalue weighted by atomic mass is 10.1. The van der Waals surface area contributed by atoms with Crippen LogP contribution in [-0.4, -0.2) is 30.6 Å². The summed E-state index contributed by atoms with van der Waals surface area (Å²) in [6, 6.07) is 13.4. The molecule has 3 aromatic heterocycles. The number of fused-ring (bicyclic) bond motifs is 3. The molecular formula is C17H13N5O2. The van der Waals surface area contributed by atoms with Crippen LogP contribution in [-0.2, 0) is 11.3 Å². The maximum atomic E-state index is 11.2. The predicted molar refractivity (Wildman–Crippen MR) is 90.3 cm³/mol. The summed E-state index contributed by atoms with van der Waals surface area (Å²) in [5.74, 6) is -0.676. The average Bonchev–Trinajstić information content (AvgIpc) is 2.90. The molecule has 7 heteroatoms. The van der Waals surface area contributed by atoms with Gasteiger partial charge in [-0.3, -0.25) is 4.79 Å². The first-order valence-electron chi connectivity index (χ1n) is 7.32. The number of pyridine rings is 1. The number of nitrogens with zero attached hydrogens (tertiary/aromatic N) is 4. The number of hydrogen-bond acceptors (Lipinski definition) is 5. The molecule has 4 rings (SSSR count). The second kappa shape index (κ2) is 5.31. The molecule has 1 aromatic carbocycles. The van der Waals surface area contributed by atoms with E-state index in [9.17, 15) is 9.90 Å². The Kier molecular flexibility index (Phi) is 3.13. The number of rotatable bonds is 3. The normalized spacial score (nSPS) is 11.2. The number of benzene rings is 1. The van der Waals surface area contributed by atoms with Gasteiger partial charge in [0.2, 0.25) is 0 Å². The first-order chi connectivity index (χ1) is 11.6. The Morgan fingerprint density at radius 2 is 1.92 bits per heavy atom. The first kappa shape index (κ1) is 14.1. The third-order valence-electron chi connectivity index (χ3n) is 3.88. The molecule has 7 nitrogen and oxygen atoms in total. The summed E-state index contributed by atoms with van der Waals surface area (Å²) in [5.41, 5.74) is 9.49. The number of nitrogen functional groups attached to an aromatic ring is 1. The summed E-state index contributed by atoms with van der Waals surface area (Å²) in [5, 5.41) is 9.77. The topological polar surface area (TPSA) is 107 Å². The lowest BCUT2D eigenvalue weighted by Crippen LogP contribution is -2.09. The molecule has 0 spiro atoms. The van der Waals surface area contributed by atoms with Crippen molar-refractivity contribution in [2.45, 2.75) is 6.54 Å². The smallest absolute Gasteiger partial charge is 0.323 e. The monoisotopic (exact) mass is 319 g/mol. The molecular weight excluding hydrogens is 306 g/mol. The van der Waals surface area contributed by atoms with Crippen molar-refractivity contribution in [3.05, 3.63) is 48.8 Å². The van der Waals surface area contributed by atoms with Crippen LogP contribution in [0, 0.1) is 0 Å². The van der Waals surface area contributed by atoms with E-state index in [0.717, 1.165) is 11.3 Å². The van der Waals surface area contributed by atoms with E-state index in [0.29, 0.717) is 22.1 Å². The summed E-state index contributed by atoms with van der Waals surface area (Å²) >= 11 is 0. The SMILES string of the molecule is Nc1ncnc2c1c1nc(-c3ccccc3)ccc1n2CC(=O)O. The second-order valence-electron chi connectivity index (χ2n) is 5.37. The van der Waals surface area contributed by atoms with Crippen LogP contribution in [0.4, 0.5) is 5.82 Å². The number of nitrogens with two attached hydrogens (primary N) is 1. The lowest BCUT2D eigenvalue weighted by Gasteiger charge is -2.03. The Hall–Kier alpha value is -3.48. The molecule has 0 saturated heterocycles. The fraction of sp³-hybridized carbons (Fsp3) is 0.0588. The number of aromatic nitrogens is 4. The second-order valence-corrected chi connectivity index (χ2v) is 5.37. The Balaban J connectivity index is 2.06. The van der Waals surface area contributed by atoms with E-state index < -0.39 is 5.97 Å². The highest BCUT2D eigenvalue weighted by molar-refractivity contribution is 6.10. The van der Waals surface area contributed by atoms with E-state index in [1.807, 2.05) is 42.5 Å². The minimum atomic E-state index is -0.960. The fourth-order valence-corrected chi connectivity index (χ4v) is 2.85. The van der Waals surface area contributed by atoms with E-state index in [4.69, 9.17) is 5.73 Å². The lowest BCUT2D eigenvalue weighted by molar-refractivity contribution is -0.137. The van der Waals surface area contributed by atoms with Gasteiger partial charge in [-0.2, -0.15) is 0 Å². The zero-order valence-electron chi connectivity index (χ0n) is 12.5. The first-order valence-corrected chi connectivity index (χ1v) is 7.32. The molecule has 0 unspecified atom stereocenters. The number of anilines is 1. The zero-order valence-corrected chi connectivity index (χ0v) is 12.5. The van der Waals surface area contributed by atoms with Crippen LogP contribution in [0.25, 0.3) is 33.3 Å². The summed E-state index contributed by atoms with van der Waals surface area (Å²) < 4.78 is 1.59. The average molecular weight is 319 g/mol. The van der Waals surface area contributed by atoms with E-state index in [2.05, 4.69) is 15.0 Å². The highest BCUT2D eigenvalue weighted by atomic mass is 16.4. The molecule has 0 amide bonds. The van der Waals surface area contributed by atoms with Crippen molar-refractivity contribution in [3.63, 3.8) is 0 Å². The molecule has 0 aliphatic rings. The Labute approximate surface area is 136 Å². The molecule has 0 radical (unpaired) electrons. The summed E-state index contributed by atoms with van der Waals surface area (Å²) in [7, 11) is 0. The van der Waals surface area contributed by atoms with Crippen molar-refractivity contribution in [1.29, 1.82) is 0 Å². The number of aliphatic carboxylic acids is 1. The minimum Gasteiger partial charge on any atom is -0.480 e. The maximum absolute atomic E-state index is 11.2. The van der Waals surface area contributed by atoms with Gasteiger partial charge in [0.25, 0.3) is 0 Å². The molecule has 0 atom stereocenters. The molecule has 118 valence electrons. The van der Waals surface area contributed by atoms with Gasteiger partial charge in [-0.05, 0) is 12.1 Å². The molecule has 0 aliphatic carbocycles.